The van der Waals surface area contributed by atoms with Crippen molar-refractivity contribution in [3.8, 4) is 11.3 Å². The summed E-state index contributed by atoms with van der Waals surface area (Å²) in [5.41, 5.74) is 2.84. The molecule has 1 amide bonds. The number of aryl methyl sites for hydroxylation is 1. The van der Waals surface area contributed by atoms with Crippen molar-refractivity contribution in [2.75, 3.05) is 38.0 Å². The molecule has 6 heterocycles. The van der Waals surface area contributed by atoms with Gasteiger partial charge >= 0.3 is 0 Å². The highest BCUT2D eigenvalue weighted by molar-refractivity contribution is 5.94. The molecule has 2 unspecified atom stereocenters. The highest BCUT2D eigenvalue weighted by Gasteiger charge is 2.41. The van der Waals surface area contributed by atoms with E-state index < -0.39 is 5.82 Å². The fraction of sp³-hybridized carbons (Fsp3) is 0.429. The molecule has 0 bridgehead atoms. The number of hydrogen-bond acceptors (Lipinski definition) is 8. The first-order valence-corrected chi connectivity index (χ1v) is 13.4. The molecule has 2 aliphatic rings. The number of likely N-dealkylation sites (tertiary alicyclic amines) is 2. The van der Waals surface area contributed by atoms with Crippen LogP contribution in [0.5, 0.6) is 0 Å². The molecule has 0 radical (unpaired) electrons. The highest BCUT2D eigenvalue weighted by atomic mass is 19.1. The zero-order chi connectivity index (χ0) is 27.3. The van der Waals surface area contributed by atoms with Gasteiger partial charge in [0.15, 0.2) is 11.5 Å². The molecule has 2 saturated heterocycles. The fourth-order valence-corrected chi connectivity index (χ4v) is 5.95. The second kappa shape index (κ2) is 9.96. The molecule has 0 aromatic carbocycles. The molecule has 11 heteroatoms. The van der Waals surface area contributed by atoms with Crippen LogP contribution in [-0.4, -0.2) is 78.1 Å². The molecule has 0 saturated carbocycles. The summed E-state index contributed by atoms with van der Waals surface area (Å²) >= 11 is 0. The minimum Gasteiger partial charge on any atom is -0.338 e. The van der Waals surface area contributed by atoms with Crippen LogP contribution in [0.1, 0.15) is 42.7 Å². The number of nitrogens with zero attached hydrogens (tertiary/aromatic N) is 8. The lowest BCUT2D eigenvalue weighted by atomic mass is 10.0. The van der Waals surface area contributed by atoms with Crippen molar-refractivity contribution in [2.24, 2.45) is 18.9 Å². The molecule has 39 heavy (non-hydrogen) atoms. The van der Waals surface area contributed by atoms with Crippen LogP contribution in [0, 0.1) is 17.7 Å². The van der Waals surface area contributed by atoms with Gasteiger partial charge in [-0.3, -0.25) is 9.48 Å². The Labute approximate surface area is 226 Å². The van der Waals surface area contributed by atoms with Crippen molar-refractivity contribution >= 4 is 28.7 Å². The zero-order valence-corrected chi connectivity index (χ0v) is 22.6. The molecule has 0 aliphatic carbocycles. The van der Waals surface area contributed by atoms with Crippen LogP contribution < -0.4 is 5.32 Å². The molecule has 10 nitrogen and oxygen atoms in total. The normalized spacial score (nSPS) is 19.3. The zero-order valence-electron chi connectivity index (χ0n) is 22.6. The summed E-state index contributed by atoms with van der Waals surface area (Å²) in [6, 6.07) is 5.33. The Bertz CT molecular complexity index is 1520. The summed E-state index contributed by atoms with van der Waals surface area (Å²) in [5.74, 6) is 1.44. The first-order valence-electron chi connectivity index (χ1n) is 13.4. The van der Waals surface area contributed by atoms with E-state index >= 15 is 0 Å². The van der Waals surface area contributed by atoms with Gasteiger partial charge in [-0.1, -0.05) is 20.8 Å². The lowest BCUT2D eigenvalue weighted by Crippen LogP contribution is -2.33. The second-order valence-corrected chi connectivity index (χ2v) is 10.8. The molecular weight excluding hydrogens is 497 g/mol. The number of amides is 1. The third-order valence-corrected chi connectivity index (χ3v) is 7.85. The van der Waals surface area contributed by atoms with E-state index in [9.17, 15) is 9.18 Å². The summed E-state index contributed by atoms with van der Waals surface area (Å²) in [4.78, 5) is 34.8. The van der Waals surface area contributed by atoms with E-state index in [4.69, 9.17) is 0 Å². The van der Waals surface area contributed by atoms with Gasteiger partial charge in [-0.25, -0.2) is 24.3 Å². The summed E-state index contributed by atoms with van der Waals surface area (Å²) < 4.78 is 16.6. The monoisotopic (exact) mass is 529 g/mol. The molecular formula is C28H32FN9O. The van der Waals surface area contributed by atoms with Gasteiger partial charge in [0.2, 0.25) is 5.95 Å². The lowest BCUT2D eigenvalue weighted by Gasteiger charge is -2.20. The van der Waals surface area contributed by atoms with Crippen LogP contribution in [0.4, 0.5) is 16.2 Å². The molecule has 2 atom stereocenters. The number of hydrogen-bond donors (Lipinski definition) is 1. The lowest BCUT2D eigenvalue weighted by molar-refractivity contribution is 0.0774. The van der Waals surface area contributed by atoms with Gasteiger partial charge in [0.05, 0.1) is 17.5 Å². The van der Waals surface area contributed by atoms with Crippen molar-refractivity contribution in [3.05, 3.63) is 53.9 Å². The summed E-state index contributed by atoms with van der Waals surface area (Å²) in [7, 11) is 1.88. The van der Waals surface area contributed by atoms with Crippen LogP contribution >= 0.6 is 0 Å². The quantitative estimate of drug-likeness (QED) is 0.402. The molecule has 1 N–H and O–H groups in total. The largest absolute Gasteiger partial charge is 0.338 e. The maximum absolute atomic E-state index is 14.8. The Morgan fingerprint density at radius 3 is 2.51 bits per heavy atom. The standard InChI is InChI=1S/C28H32FN9O/c1-5-37-12-19-14-38(15-20(19)13-37)27(39)17-6-7-23(30-9-17)33-28-32-11-22(29)24(34-28)18-8-21-25(16(2)3)36(4)35-26(21)31-10-18/h6-11,16,19-20H,5,12-15H2,1-4H3,(H,30,32,33,34). The molecule has 6 rings (SSSR count). The van der Waals surface area contributed by atoms with E-state index in [-0.39, 0.29) is 23.5 Å². The van der Waals surface area contributed by atoms with Gasteiger partial charge < -0.3 is 15.1 Å². The van der Waals surface area contributed by atoms with Crippen LogP contribution in [0.3, 0.4) is 0 Å². The van der Waals surface area contributed by atoms with Crippen molar-refractivity contribution in [2.45, 2.75) is 26.7 Å². The van der Waals surface area contributed by atoms with Crippen LogP contribution in [0.2, 0.25) is 0 Å². The predicted molar refractivity (Wildman–Crippen MR) is 146 cm³/mol. The second-order valence-electron chi connectivity index (χ2n) is 10.8. The van der Waals surface area contributed by atoms with Gasteiger partial charge in [0.1, 0.15) is 11.5 Å². The van der Waals surface area contributed by atoms with Crippen molar-refractivity contribution in [1.82, 2.24) is 39.5 Å². The average molecular weight is 530 g/mol. The maximum Gasteiger partial charge on any atom is 0.255 e. The third kappa shape index (κ3) is 4.71. The Kier molecular flexibility index (Phi) is 6.46. The Balaban J connectivity index is 1.18. The van der Waals surface area contributed by atoms with Gasteiger partial charge in [-0.2, -0.15) is 5.10 Å². The Morgan fingerprint density at radius 1 is 1.08 bits per heavy atom. The molecule has 2 aliphatic heterocycles. The Hall–Kier alpha value is -3.99. The van der Waals surface area contributed by atoms with Gasteiger partial charge in [-0.05, 0) is 42.5 Å². The molecule has 2 fully saturated rings. The van der Waals surface area contributed by atoms with Gasteiger partial charge in [0, 0.05) is 56.6 Å². The number of pyridine rings is 2. The smallest absolute Gasteiger partial charge is 0.255 e. The third-order valence-electron chi connectivity index (χ3n) is 7.85. The van der Waals surface area contributed by atoms with E-state index in [2.05, 4.69) is 56.0 Å². The minimum absolute atomic E-state index is 0.00544. The number of fused-ring (bicyclic) bond motifs is 2. The topological polar surface area (TPSA) is 105 Å². The highest BCUT2D eigenvalue weighted by Crippen LogP contribution is 2.32. The summed E-state index contributed by atoms with van der Waals surface area (Å²) in [6.07, 6.45) is 4.26. The minimum atomic E-state index is -0.553. The molecule has 202 valence electrons. The predicted octanol–water partition coefficient (Wildman–Crippen LogP) is 3.85. The van der Waals surface area contributed by atoms with E-state index in [0.717, 1.165) is 50.0 Å². The number of carbonyl (C=O) groups is 1. The maximum atomic E-state index is 14.8. The number of carbonyl (C=O) groups excluding carboxylic acids is 1. The number of nitrogens with one attached hydrogen (secondary N) is 1. The molecule has 0 spiro atoms. The van der Waals surface area contributed by atoms with Crippen molar-refractivity contribution < 1.29 is 9.18 Å². The van der Waals surface area contributed by atoms with Crippen LogP contribution in [0.15, 0.2) is 36.8 Å². The van der Waals surface area contributed by atoms with E-state index in [1.54, 1.807) is 24.5 Å². The SMILES string of the molecule is CCN1CC2CN(C(=O)c3ccc(Nc4ncc(F)c(-c5cnc6nn(C)c(C(C)C)c6c5)n4)nc3)CC2C1. The van der Waals surface area contributed by atoms with E-state index in [1.165, 1.54) is 0 Å². The van der Waals surface area contributed by atoms with Crippen molar-refractivity contribution in [3.63, 3.8) is 0 Å². The van der Waals surface area contributed by atoms with Gasteiger partial charge in [-0.15, -0.1) is 0 Å². The number of anilines is 2. The van der Waals surface area contributed by atoms with E-state index in [1.807, 2.05) is 22.7 Å². The first kappa shape index (κ1) is 25.3. The molecule has 4 aromatic heterocycles. The summed E-state index contributed by atoms with van der Waals surface area (Å²) in [6.45, 7) is 11.1. The van der Waals surface area contributed by atoms with E-state index in [0.29, 0.717) is 34.4 Å². The van der Waals surface area contributed by atoms with Crippen LogP contribution in [-0.2, 0) is 7.05 Å². The first-order chi connectivity index (χ1) is 18.8. The molecule has 4 aromatic rings. The summed E-state index contributed by atoms with van der Waals surface area (Å²) in [5, 5.41) is 8.35. The number of halogens is 1. The number of rotatable bonds is 6. The Morgan fingerprint density at radius 2 is 1.85 bits per heavy atom. The fourth-order valence-electron chi connectivity index (χ4n) is 5.95. The van der Waals surface area contributed by atoms with Crippen molar-refractivity contribution in [1.29, 1.82) is 0 Å². The van der Waals surface area contributed by atoms with Gasteiger partial charge in [0.25, 0.3) is 5.91 Å². The van der Waals surface area contributed by atoms with Crippen LogP contribution in [0.25, 0.3) is 22.3 Å². The number of aromatic nitrogens is 6. The average Bonchev–Trinajstić information content (AvgIpc) is 3.60.